The molecule has 0 saturated carbocycles. The van der Waals surface area contributed by atoms with E-state index in [-0.39, 0.29) is 42.3 Å². The number of hydrogen-bond donors (Lipinski definition) is 6. The van der Waals surface area contributed by atoms with Gasteiger partial charge in [-0.2, -0.15) is 4.98 Å². The molecule has 18 heteroatoms. The zero-order valence-electron chi connectivity index (χ0n) is 31.5. The van der Waals surface area contributed by atoms with E-state index in [1.807, 2.05) is 19.1 Å². The standard InChI is InChI=1S/C38H45N9O7S2/c1-23-19-40-36(45-33(23)42-25-8-5-9-27(18-25)56(52,53)46-38(2,3)4)43-24-12-14-26(15-13-24)54-17-7-16-39-37(51)41-20-31-28-21-47(35(50)29(28)22-55-31)30-10-6-11-32(48)44-34(30)49/h5,8-9,12-15,18-19,22,30,46H,6-7,10-11,16-17,20-21H2,1-4H3,(H2,39,41,51)(H,44,48,49)(H2,40,42,43,45)/t30-/m0/s1. The lowest BCUT2D eigenvalue weighted by Crippen LogP contribution is -2.47. The van der Waals surface area contributed by atoms with E-state index in [1.54, 1.807) is 62.7 Å². The molecule has 0 aliphatic carbocycles. The van der Waals surface area contributed by atoms with E-state index in [4.69, 9.17) is 4.74 Å². The van der Waals surface area contributed by atoms with E-state index in [1.165, 1.54) is 22.3 Å². The Balaban J connectivity index is 0.920. The highest BCUT2D eigenvalue weighted by Crippen LogP contribution is 2.34. The number of rotatable bonds is 14. The van der Waals surface area contributed by atoms with Crippen molar-refractivity contribution in [1.29, 1.82) is 0 Å². The van der Waals surface area contributed by atoms with Crippen molar-refractivity contribution in [3.8, 4) is 5.75 Å². The molecule has 2 aromatic carbocycles. The van der Waals surface area contributed by atoms with Crippen LogP contribution in [-0.2, 0) is 32.7 Å². The third kappa shape index (κ3) is 10.2. The van der Waals surface area contributed by atoms with Crippen LogP contribution in [0, 0.1) is 6.92 Å². The Hall–Kier alpha value is -5.59. The van der Waals surface area contributed by atoms with Crippen LogP contribution in [0.25, 0.3) is 0 Å². The monoisotopic (exact) mass is 803 g/mol. The number of nitrogens with zero attached hydrogens (tertiary/aromatic N) is 3. The highest BCUT2D eigenvalue weighted by molar-refractivity contribution is 7.89. The van der Waals surface area contributed by atoms with Crippen LogP contribution in [-0.4, -0.2) is 71.8 Å². The van der Waals surface area contributed by atoms with Gasteiger partial charge in [-0.15, -0.1) is 11.3 Å². The molecule has 0 radical (unpaired) electrons. The van der Waals surface area contributed by atoms with E-state index in [0.29, 0.717) is 61.2 Å². The van der Waals surface area contributed by atoms with Crippen molar-refractivity contribution in [2.45, 2.75) is 82.9 Å². The molecule has 4 heterocycles. The number of benzene rings is 2. The molecule has 2 aromatic heterocycles. The van der Waals surface area contributed by atoms with Gasteiger partial charge in [0.1, 0.15) is 17.6 Å². The van der Waals surface area contributed by atoms with Crippen molar-refractivity contribution in [2.24, 2.45) is 0 Å². The molecular formula is C38H45N9O7S2. The number of aryl methyl sites for hydroxylation is 1. The summed E-state index contributed by atoms with van der Waals surface area (Å²) in [5.41, 5.74) is 2.77. The van der Waals surface area contributed by atoms with Gasteiger partial charge in [-0.05, 0) is 95.0 Å². The summed E-state index contributed by atoms with van der Waals surface area (Å²) >= 11 is 1.39. The van der Waals surface area contributed by atoms with Crippen molar-refractivity contribution in [2.75, 3.05) is 23.8 Å². The lowest BCUT2D eigenvalue weighted by atomic mass is 10.1. The van der Waals surface area contributed by atoms with Crippen molar-refractivity contribution in [3.05, 3.63) is 81.7 Å². The number of carbonyl (C=O) groups is 4. The number of anilines is 4. The fraction of sp³-hybridized carbons (Fsp3) is 0.368. The maximum atomic E-state index is 13.0. The van der Waals surface area contributed by atoms with E-state index in [9.17, 15) is 27.6 Å². The van der Waals surface area contributed by atoms with Gasteiger partial charge in [0.05, 0.1) is 23.6 Å². The largest absolute Gasteiger partial charge is 0.494 e. The molecule has 2 aliphatic heterocycles. The molecule has 1 atom stereocenters. The average Bonchev–Trinajstić information content (AvgIpc) is 3.63. The van der Waals surface area contributed by atoms with Gasteiger partial charge >= 0.3 is 6.03 Å². The maximum Gasteiger partial charge on any atom is 0.315 e. The maximum absolute atomic E-state index is 13.0. The number of sulfonamides is 1. The number of amides is 5. The fourth-order valence-electron chi connectivity index (χ4n) is 6.16. The van der Waals surface area contributed by atoms with E-state index in [2.05, 4.69) is 41.3 Å². The minimum absolute atomic E-state index is 0.138. The second-order valence-electron chi connectivity index (χ2n) is 14.5. The van der Waals surface area contributed by atoms with Crippen LogP contribution in [0.3, 0.4) is 0 Å². The Morgan fingerprint density at radius 2 is 1.84 bits per heavy atom. The van der Waals surface area contributed by atoms with E-state index >= 15 is 0 Å². The van der Waals surface area contributed by atoms with Gasteiger partial charge in [0.25, 0.3) is 5.91 Å². The normalized spacial score (nSPS) is 15.8. The second kappa shape index (κ2) is 17.1. The first-order valence-corrected chi connectivity index (χ1v) is 20.5. The molecule has 2 aliphatic rings. The highest BCUT2D eigenvalue weighted by Gasteiger charge is 2.39. The molecule has 0 bridgehead atoms. The van der Waals surface area contributed by atoms with Crippen molar-refractivity contribution in [1.82, 2.24) is 35.5 Å². The average molecular weight is 804 g/mol. The Morgan fingerprint density at radius 3 is 2.61 bits per heavy atom. The van der Waals surface area contributed by atoms with Gasteiger partial charge in [0, 0.05) is 58.4 Å². The van der Waals surface area contributed by atoms with Crippen molar-refractivity contribution >= 4 is 68.3 Å². The number of imide groups is 1. The Labute approximate surface area is 329 Å². The summed E-state index contributed by atoms with van der Waals surface area (Å²) in [4.78, 5) is 61.3. The number of urea groups is 1. The summed E-state index contributed by atoms with van der Waals surface area (Å²) in [5.74, 6) is 0.499. The Morgan fingerprint density at radius 1 is 1.05 bits per heavy atom. The SMILES string of the molecule is Cc1cnc(Nc2ccc(OCCCNC(=O)NCc3scc4c3CN([C@H]3CCCC(=O)NC3=O)C4=O)cc2)nc1Nc1cccc(S(=O)(=O)NC(C)(C)C)c1. The third-order valence-electron chi connectivity index (χ3n) is 8.84. The number of fused-ring (bicyclic) bond motifs is 1. The first-order chi connectivity index (χ1) is 26.6. The zero-order valence-corrected chi connectivity index (χ0v) is 33.2. The Bertz CT molecular complexity index is 2220. The molecule has 56 heavy (non-hydrogen) atoms. The number of thiophene rings is 1. The molecule has 296 valence electrons. The summed E-state index contributed by atoms with van der Waals surface area (Å²) in [6, 6.07) is 12.7. The van der Waals surface area contributed by atoms with Crippen LogP contribution in [0.4, 0.5) is 27.9 Å². The topological polar surface area (TPSA) is 213 Å². The molecule has 6 N–H and O–H groups in total. The number of hydrogen-bond acceptors (Lipinski definition) is 12. The summed E-state index contributed by atoms with van der Waals surface area (Å²) in [6.45, 7) is 8.45. The molecule has 6 rings (SSSR count). The second-order valence-corrected chi connectivity index (χ2v) is 17.1. The molecular weight excluding hydrogens is 759 g/mol. The van der Waals surface area contributed by atoms with Crippen molar-refractivity contribution < 1.29 is 32.3 Å². The molecule has 5 amide bonds. The summed E-state index contributed by atoms with van der Waals surface area (Å²) in [7, 11) is -3.71. The minimum Gasteiger partial charge on any atom is -0.494 e. The van der Waals surface area contributed by atoms with Crippen LogP contribution in [0.5, 0.6) is 5.75 Å². The number of ether oxygens (including phenoxy) is 1. The van der Waals surface area contributed by atoms with Crippen LogP contribution >= 0.6 is 11.3 Å². The summed E-state index contributed by atoms with van der Waals surface area (Å²) in [5, 5.41) is 16.1. The zero-order chi connectivity index (χ0) is 40.0. The van der Waals surface area contributed by atoms with Gasteiger partial charge in [-0.3, -0.25) is 19.7 Å². The molecule has 4 aromatic rings. The number of aromatic nitrogens is 2. The van der Waals surface area contributed by atoms with Crippen molar-refractivity contribution in [3.63, 3.8) is 0 Å². The smallest absolute Gasteiger partial charge is 0.315 e. The lowest BCUT2D eigenvalue weighted by molar-refractivity contribution is -0.132. The number of carbonyl (C=O) groups excluding carboxylic acids is 4. The summed E-state index contributed by atoms with van der Waals surface area (Å²) < 4.78 is 34.2. The fourth-order valence-corrected chi connectivity index (χ4v) is 8.60. The van der Waals surface area contributed by atoms with Gasteiger partial charge in [0.2, 0.25) is 27.8 Å². The van der Waals surface area contributed by atoms with Gasteiger partial charge < -0.3 is 30.9 Å². The molecule has 1 fully saturated rings. The van der Waals surface area contributed by atoms with Gasteiger partial charge in [-0.1, -0.05) is 6.07 Å². The van der Waals surface area contributed by atoms with Crippen LogP contribution in [0.2, 0.25) is 0 Å². The molecule has 0 unspecified atom stereocenters. The first kappa shape index (κ1) is 40.1. The quantitative estimate of drug-likeness (QED) is 0.0751. The minimum atomic E-state index is -3.71. The van der Waals surface area contributed by atoms with Crippen LogP contribution in [0.1, 0.15) is 72.8 Å². The Kier molecular flexibility index (Phi) is 12.2. The molecule has 0 spiro atoms. The highest BCUT2D eigenvalue weighted by atomic mass is 32.2. The predicted molar refractivity (Wildman–Crippen MR) is 212 cm³/mol. The number of nitrogens with one attached hydrogen (secondary N) is 6. The summed E-state index contributed by atoms with van der Waals surface area (Å²) in [6.07, 6.45) is 3.44. The van der Waals surface area contributed by atoms with E-state index < -0.39 is 27.5 Å². The molecule has 1 saturated heterocycles. The first-order valence-electron chi connectivity index (χ1n) is 18.2. The molecule has 16 nitrogen and oxygen atoms in total. The van der Waals surface area contributed by atoms with E-state index in [0.717, 1.165) is 21.7 Å². The van der Waals surface area contributed by atoms with Crippen LogP contribution in [0.15, 0.2) is 65.0 Å². The van der Waals surface area contributed by atoms with Crippen LogP contribution < -0.4 is 36.0 Å². The van der Waals surface area contributed by atoms with Gasteiger partial charge in [0.15, 0.2) is 0 Å². The third-order valence-corrected chi connectivity index (χ3v) is 11.6. The van der Waals surface area contributed by atoms with Gasteiger partial charge in [-0.25, -0.2) is 22.9 Å². The predicted octanol–water partition coefficient (Wildman–Crippen LogP) is 4.83. The lowest BCUT2D eigenvalue weighted by Gasteiger charge is -2.25.